The minimum absolute atomic E-state index is 1.11. The van der Waals surface area contributed by atoms with Crippen molar-refractivity contribution in [1.82, 2.24) is 9.13 Å². The van der Waals surface area contributed by atoms with Crippen LogP contribution in [0.3, 0.4) is 0 Å². The van der Waals surface area contributed by atoms with Crippen LogP contribution in [0.2, 0.25) is 0 Å². The van der Waals surface area contributed by atoms with Crippen molar-refractivity contribution < 1.29 is 0 Å². The van der Waals surface area contributed by atoms with Crippen molar-refractivity contribution in [3.05, 3.63) is 328 Å². The molecule has 0 bridgehead atoms. The fraction of sp³-hybridized carbons (Fsp3) is 0. The van der Waals surface area contributed by atoms with Gasteiger partial charge >= 0.3 is 0 Å². The van der Waals surface area contributed by atoms with Crippen LogP contribution in [-0.4, -0.2) is 9.13 Å². The molecule has 0 atom stereocenters. The largest absolute Gasteiger partial charge is 0.309 e. The first-order chi connectivity index (χ1) is 44.7. The molecule has 18 aromatic rings. The highest BCUT2D eigenvalue weighted by Gasteiger charge is 2.32. The number of rotatable bonds is 8. The second kappa shape index (κ2) is 19.8. The highest BCUT2D eigenvalue weighted by molar-refractivity contribution is 6.28. The first kappa shape index (κ1) is 50.3. The second-order valence-electron chi connectivity index (χ2n) is 24.1. The molecule has 1 aliphatic rings. The molecular weight excluding hydrogens is 1080 g/mol. The first-order valence-corrected chi connectivity index (χ1v) is 31.2. The number of nitrogens with zero attached hydrogens (tertiary/aromatic N) is 2. The highest BCUT2D eigenvalue weighted by Crippen LogP contribution is 2.58. The summed E-state index contributed by atoms with van der Waals surface area (Å²) in [5.41, 5.74) is 24.2. The van der Waals surface area contributed by atoms with Gasteiger partial charge in [-0.15, -0.1) is 0 Å². The second-order valence-corrected chi connectivity index (χ2v) is 24.1. The fourth-order valence-corrected chi connectivity index (χ4v) is 15.7. The molecule has 0 N–H and O–H groups in total. The van der Waals surface area contributed by atoms with Crippen molar-refractivity contribution in [2.45, 2.75) is 0 Å². The minimum Gasteiger partial charge on any atom is -0.309 e. The summed E-state index contributed by atoms with van der Waals surface area (Å²) in [6.07, 6.45) is 0. The first-order valence-electron chi connectivity index (χ1n) is 31.2. The van der Waals surface area contributed by atoms with E-state index < -0.39 is 0 Å². The van der Waals surface area contributed by atoms with Gasteiger partial charge in [0.2, 0.25) is 0 Å². The van der Waals surface area contributed by atoms with Crippen LogP contribution >= 0.6 is 0 Å². The maximum Gasteiger partial charge on any atom is 0.0625 e. The van der Waals surface area contributed by atoms with Gasteiger partial charge in [-0.3, -0.25) is 0 Å². The summed E-state index contributed by atoms with van der Waals surface area (Å²) in [7, 11) is 0. The quantitative estimate of drug-likeness (QED) is 0.144. The Hall–Kier alpha value is -11.8. The van der Waals surface area contributed by atoms with Crippen molar-refractivity contribution in [2.24, 2.45) is 0 Å². The van der Waals surface area contributed by atoms with Gasteiger partial charge in [-0.05, 0) is 157 Å². The summed E-state index contributed by atoms with van der Waals surface area (Å²) < 4.78 is 5.05. The van der Waals surface area contributed by atoms with Gasteiger partial charge in [0.1, 0.15) is 0 Å². The van der Waals surface area contributed by atoms with Gasteiger partial charge in [0.15, 0.2) is 0 Å². The van der Waals surface area contributed by atoms with Crippen LogP contribution in [-0.2, 0) is 0 Å². The van der Waals surface area contributed by atoms with E-state index in [1.807, 2.05) is 0 Å². The molecule has 416 valence electrons. The molecule has 1 aliphatic carbocycles. The molecule has 0 spiro atoms. The summed E-state index contributed by atoms with van der Waals surface area (Å²) in [5, 5.41) is 17.3. The van der Waals surface area contributed by atoms with Gasteiger partial charge in [-0.2, -0.15) is 0 Å². The lowest BCUT2D eigenvalue weighted by Gasteiger charge is -2.21. The SMILES string of the molecule is c1ccc2c(-c3c(-c4cccc5ccccc45)n(-c4ccc(-c5c6c(c(-c7ccc(-n8c(-c9cccc%10ccccc9%10)c(-c9cccc%10ccccc9%10)c9ccccc98)cc7)c7ccccc57)-c5cccc7cccc-6c57)cc4)c4ccccc34)cccc2c1. The van der Waals surface area contributed by atoms with Crippen LogP contribution in [0.15, 0.2) is 328 Å². The molecule has 2 nitrogen and oxygen atoms in total. The Bertz CT molecular complexity index is 5630. The fourth-order valence-electron chi connectivity index (χ4n) is 15.7. The molecule has 0 saturated heterocycles. The molecule has 2 heterocycles. The third-order valence-corrected chi connectivity index (χ3v) is 19.4. The molecule has 0 unspecified atom stereocenters. The maximum atomic E-state index is 2.52. The third kappa shape index (κ3) is 7.40. The Morgan fingerprint density at radius 3 is 0.822 bits per heavy atom. The summed E-state index contributed by atoms with van der Waals surface area (Å²) >= 11 is 0. The molecule has 0 amide bonds. The number of hydrogen-bond acceptors (Lipinski definition) is 0. The van der Waals surface area contributed by atoms with E-state index in [9.17, 15) is 0 Å². The standard InChI is InChI=1S/C88H54N2/c1-5-31-64-55(21-1)25-15-39-68(64)83-74-37-11-13-45-78(74)89(87(83)72-41-17-27-57-23-3-7-33-66(57)72)62-51-47-60(48-52-62)81-70-35-9-10-36-71(70)82(86-77-44-20-30-59-29-19-43-76(80(59)77)85(81)86)61-49-53-63(54-50-61)90-79-46-14-12-38-75(79)84(69-40-16-26-56-22-2-6-32-65(56)69)88(90)73-42-18-28-58-24-4-8-34-67(58)73/h1-54H. The smallest absolute Gasteiger partial charge is 0.0625 e. The number of para-hydroxylation sites is 2. The van der Waals surface area contributed by atoms with Crippen LogP contribution in [0.5, 0.6) is 0 Å². The third-order valence-electron chi connectivity index (χ3n) is 19.4. The van der Waals surface area contributed by atoms with Gasteiger partial charge in [0.05, 0.1) is 22.4 Å². The molecule has 16 aromatic carbocycles. The Labute approximate surface area is 520 Å². The Kier molecular flexibility index (Phi) is 11.1. The van der Waals surface area contributed by atoms with Crippen molar-refractivity contribution in [3.8, 4) is 101 Å². The average Bonchev–Trinajstić information content (AvgIpc) is 1.54. The van der Waals surface area contributed by atoms with Crippen LogP contribution < -0.4 is 0 Å². The van der Waals surface area contributed by atoms with Gasteiger partial charge in [0, 0.05) is 44.4 Å². The molecule has 19 rings (SSSR count). The predicted octanol–water partition coefficient (Wildman–Crippen LogP) is 24.1. The molecule has 2 heteroatoms. The van der Waals surface area contributed by atoms with Crippen molar-refractivity contribution in [3.63, 3.8) is 0 Å². The molecule has 90 heavy (non-hydrogen) atoms. The Morgan fingerprint density at radius 2 is 0.444 bits per heavy atom. The zero-order chi connectivity index (χ0) is 59.0. The van der Waals surface area contributed by atoms with E-state index in [1.54, 1.807) is 0 Å². The van der Waals surface area contributed by atoms with Gasteiger partial charge in [-0.1, -0.05) is 291 Å². The lowest BCUT2D eigenvalue weighted by atomic mass is 9.82. The van der Waals surface area contributed by atoms with Crippen molar-refractivity contribution in [1.29, 1.82) is 0 Å². The van der Waals surface area contributed by atoms with Crippen LogP contribution in [0.1, 0.15) is 0 Å². The number of hydrogen-bond donors (Lipinski definition) is 0. The monoisotopic (exact) mass is 1140 g/mol. The maximum absolute atomic E-state index is 2.52. The van der Waals surface area contributed by atoms with E-state index >= 15 is 0 Å². The molecule has 0 radical (unpaired) electrons. The Balaban J connectivity index is 0.825. The van der Waals surface area contributed by atoms with Gasteiger partial charge in [-0.25, -0.2) is 0 Å². The minimum atomic E-state index is 1.11. The lowest BCUT2D eigenvalue weighted by molar-refractivity contribution is 1.14. The highest BCUT2D eigenvalue weighted by atomic mass is 15.0. The number of fused-ring (bicyclic) bond motifs is 10. The number of benzene rings is 16. The topological polar surface area (TPSA) is 9.86 Å². The van der Waals surface area contributed by atoms with E-state index in [-0.39, 0.29) is 0 Å². The Morgan fingerprint density at radius 1 is 0.167 bits per heavy atom. The van der Waals surface area contributed by atoms with Crippen LogP contribution in [0.25, 0.3) is 187 Å². The summed E-state index contributed by atoms with van der Waals surface area (Å²) in [6, 6.07) is 122. The molecular formula is C88H54N2. The summed E-state index contributed by atoms with van der Waals surface area (Å²) in [6.45, 7) is 0. The molecule has 0 aliphatic heterocycles. The zero-order valence-corrected chi connectivity index (χ0v) is 49.1. The van der Waals surface area contributed by atoms with Crippen molar-refractivity contribution >= 4 is 86.4 Å². The summed E-state index contributed by atoms with van der Waals surface area (Å²) in [4.78, 5) is 0. The molecule has 2 aromatic heterocycles. The van der Waals surface area contributed by atoms with Gasteiger partial charge in [0.25, 0.3) is 0 Å². The van der Waals surface area contributed by atoms with E-state index in [0.717, 1.165) is 11.4 Å². The van der Waals surface area contributed by atoms with Crippen LogP contribution in [0, 0.1) is 0 Å². The van der Waals surface area contributed by atoms with E-state index in [4.69, 9.17) is 0 Å². The molecule has 0 fully saturated rings. The van der Waals surface area contributed by atoms with Gasteiger partial charge < -0.3 is 9.13 Å². The lowest BCUT2D eigenvalue weighted by Crippen LogP contribution is -1.99. The average molecular weight is 1140 g/mol. The van der Waals surface area contributed by atoms with E-state index in [0.29, 0.717) is 0 Å². The number of aromatic nitrogens is 2. The predicted molar refractivity (Wildman–Crippen MR) is 382 cm³/mol. The van der Waals surface area contributed by atoms with Crippen molar-refractivity contribution in [2.75, 3.05) is 0 Å². The zero-order valence-electron chi connectivity index (χ0n) is 49.1. The molecule has 0 saturated carbocycles. The normalized spacial score (nSPS) is 12.0. The van der Waals surface area contributed by atoms with E-state index in [1.165, 1.54) is 176 Å². The van der Waals surface area contributed by atoms with E-state index in [2.05, 4.69) is 337 Å². The summed E-state index contributed by atoms with van der Waals surface area (Å²) in [5.74, 6) is 0. The van der Waals surface area contributed by atoms with Crippen LogP contribution in [0.4, 0.5) is 0 Å².